The number of anilines is 1. The Kier molecular flexibility index (Phi) is 3.82. The standard InChI is InChI=1S/C18H20N6O2/c1-10-6-19-12(20-7-10)8-21-16(25)13-11(2)26-17-14(13)15(22-9-23-17)24-18(3)4-5-18/h6-7,9H,4-5,8H2,1-3H3,(H,21,25)(H,22,23,24). The SMILES string of the molecule is Cc1cnc(CNC(=O)c2c(C)oc3ncnc(NC4(C)CC4)c23)nc1. The second-order valence-corrected chi connectivity index (χ2v) is 6.98. The number of amides is 1. The van der Waals surface area contributed by atoms with Gasteiger partial charge in [-0.15, -0.1) is 0 Å². The second kappa shape index (κ2) is 6.05. The van der Waals surface area contributed by atoms with E-state index < -0.39 is 0 Å². The van der Waals surface area contributed by atoms with Gasteiger partial charge in [0.05, 0.1) is 17.5 Å². The van der Waals surface area contributed by atoms with Crippen molar-refractivity contribution in [3.05, 3.63) is 41.4 Å². The van der Waals surface area contributed by atoms with E-state index in [1.165, 1.54) is 6.33 Å². The molecule has 8 nitrogen and oxygen atoms in total. The zero-order valence-electron chi connectivity index (χ0n) is 15.0. The Balaban J connectivity index is 1.63. The van der Waals surface area contributed by atoms with E-state index in [1.54, 1.807) is 19.3 Å². The molecule has 1 amide bonds. The molecule has 3 heterocycles. The van der Waals surface area contributed by atoms with E-state index in [0.29, 0.717) is 34.1 Å². The zero-order chi connectivity index (χ0) is 18.3. The molecule has 0 unspecified atom stereocenters. The predicted molar refractivity (Wildman–Crippen MR) is 95.7 cm³/mol. The highest BCUT2D eigenvalue weighted by Crippen LogP contribution is 2.40. The third kappa shape index (κ3) is 3.10. The Bertz CT molecular complexity index is 975. The molecular formula is C18H20N6O2. The average Bonchev–Trinajstić information content (AvgIpc) is 3.23. The van der Waals surface area contributed by atoms with Crippen molar-refractivity contribution in [1.29, 1.82) is 0 Å². The van der Waals surface area contributed by atoms with Crippen molar-refractivity contribution < 1.29 is 9.21 Å². The normalized spacial score (nSPS) is 15.0. The Morgan fingerprint density at radius 3 is 2.62 bits per heavy atom. The highest BCUT2D eigenvalue weighted by Gasteiger charge is 2.38. The van der Waals surface area contributed by atoms with Crippen LogP contribution in [0.4, 0.5) is 5.82 Å². The first kappa shape index (κ1) is 16.4. The molecule has 1 aliphatic carbocycles. The first-order chi connectivity index (χ1) is 12.5. The van der Waals surface area contributed by atoms with Gasteiger partial charge in [-0.2, -0.15) is 0 Å². The van der Waals surface area contributed by atoms with Gasteiger partial charge in [-0.05, 0) is 39.2 Å². The van der Waals surface area contributed by atoms with Crippen molar-refractivity contribution in [1.82, 2.24) is 25.3 Å². The molecule has 0 spiro atoms. The summed E-state index contributed by atoms with van der Waals surface area (Å²) in [7, 11) is 0. The number of hydrogen-bond donors (Lipinski definition) is 2. The van der Waals surface area contributed by atoms with Crippen molar-refractivity contribution in [2.75, 3.05) is 5.32 Å². The fraction of sp³-hybridized carbons (Fsp3) is 0.389. The first-order valence-electron chi connectivity index (χ1n) is 8.53. The number of aryl methyl sites for hydroxylation is 2. The van der Waals surface area contributed by atoms with Crippen LogP contribution in [0, 0.1) is 13.8 Å². The van der Waals surface area contributed by atoms with E-state index in [9.17, 15) is 4.79 Å². The van der Waals surface area contributed by atoms with Crippen molar-refractivity contribution in [3.8, 4) is 0 Å². The van der Waals surface area contributed by atoms with Crippen molar-refractivity contribution in [3.63, 3.8) is 0 Å². The lowest BCUT2D eigenvalue weighted by molar-refractivity contribution is 0.0949. The van der Waals surface area contributed by atoms with Gasteiger partial charge < -0.3 is 15.1 Å². The first-order valence-corrected chi connectivity index (χ1v) is 8.53. The van der Waals surface area contributed by atoms with E-state index in [0.717, 1.165) is 18.4 Å². The molecule has 0 aliphatic heterocycles. The van der Waals surface area contributed by atoms with Gasteiger partial charge in [-0.25, -0.2) is 19.9 Å². The van der Waals surface area contributed by atoms with Crippen LogP contribution in [0.5, 0.6) is 0 Å². The summed E-state index contributed by atoms with van der Waals surface area (Å²) in [6, 6.07) is 0. The monoisotopic (exact) mass is 352 g/mol. The number of fused-ring (bicyclic) bond motifs is 1. The third-order valence-electron chi connectivity index (χ3n) is 4.55. The van der Waals surface area contributed by atoms with Gasteiger partial charge in [0.15, 0.2) is 0 Å². The van der Waals surface area contributed by atoms with Crippen LogP contribution in [-0.2, 0) is 6.54 Å². The zero-order valence-corrected chi connectivity index (χ0v) is 15.0. The molecule has 1 saturated carbocycles. The number of nitrogens with one attached hydrogen (secondary N) is 2. The predicted octanol–water partition coefficient (Wildman–Crippen LogP) is 2.52. The highest BCUT2D eigenvalue weighted by molar-refractivity contribution is 6.10. The number of nitrogens with zero attached hydrogens (tertiary/aromatic N) is 4. The van der Waals surface area contributed by atoms with Crippen LogP contribution in [0.3, 0.4) is 0 Å². The molecule has 8 heteroatoms. The maximum atomic E-state index is 12.8. The summed E-state index contributed by atoms with van der Waals surface area (Å²) in [5.74, 6) is 1.43. The second-order valence-electron chi connectivity index (χ2n) is 6.98. The van der Waals surface area contributed by atoms with Gasteiger partial charge in [0, 0.05) is 17.9 Å². The van der Waals surface area contributed by atoms with Crippen LogP contribution < -0.4 is 10.6 Å². The van der Waals surface area contributed by atoms with Gasteiger partial charge in [-0.3, -0.25) is 4.79 Å². The van der Waals surface area contributed by atoms with E-state index in [-0.39, 0.29) is 18.0 Å². The summed E-state index contributed by atoms with van der Waals surface area (Å²) in [5.41, 5.74) is 1.84. The molecule has 0 bridgehead atoms. The van der Waals surface area contributed by atoms with Crippen LogP contribution in [0.2, 0.25) is 0 Å². The summed E-state index contributed by atoms with van der Waals surface area (Å²) in [5, 5.41) is 6.87. The molecule has 3 aromatic rings. The number of aromatic nitrogens is 4. The lowest BCUT2D eigenvalue weighted by Crippen LogP contribution is -2.25. The minimum atomic E-state index is -0.260. The van der Waals surface area contributed by atoms with E-state index in [1.807, 2.05) is 6.92 Å². The summed E-state index contributed by atoms with van der Waals surface area (Å²) in [6.45, 7) is 6.03. The summed E-state index contributed by atoms with van der Waals surface area (Å²) in [4.78, 5) is 29.7. The van der Waals surface area contributed by atoms with E-state index in [4.69, 9.17) is 4.42 Å². The number of carbonyl (C=O) groups is 1. The molecule has 2 N–H and O–H groups in total. The van der Waals surface area contributed by atoms with Gasteiger partial charge >= 0.3 is 0 Å². The van der Waals surface area contributed by atoms with E-state index in [2.05, 4.69) is 37.5 Å². The minimum Gasteiger partial charge on any atom is -0.442 e. The van der Waals surface area contributed by atoms with Gasteiger partial charge in [0.25, 0.3) is 5.91 Å². The third-order valence-corrected chi connectivity index (χ3v) is 4.55. The number of hydrogen-bond acceptors (Lipinski definition) is 7. The van der Waals surface area contributed by atoms with E-state index >= 15 is 0 Å². The van der Waals surface area contributed by atoms with Crippen molar-refractivity contribution in [2.45, 2.75) is 45.7 Å². The Labute approximate surface area is 150 Å². The molecule has 1 fully saturated rings. The molecule has 0 aromatic carbocycles. The van der Waals surface area contributed by atoms with Crippen LogP contribution in [0.25, 0.3) is 11.1 Å². The highest BCUT2D eigenvalue weighted by atomic mass is 16.3. The maximum Gasteiger partial charge on any atom is 0.256 e. The Morgan fingerprint density at radius 1 is 1.19 bits per heavy atom. The smallest absolute Gasteiger partial charge is 0.256 e. The molecule has 0 radical (unpaired) electrons. The molecule has 0 saturated heterocycles. The molecule has 4 rings (SSSR count). The number of rotatable bonds is 5. The fourth-order valence-electron chi connectivity index (χ4n) is 2.77. The van der Waals surface area contributed by atoms with Crippen molar-refractivity contribution in [2.24, 2.45) is 0 Å². The average molecular weight is 352 g/mol. The van der Waals surface area contributed by atoms with Crippen LogP contribution >= 0.6 is 0 Å². The summed E-state index contributed by atoms with van der Waals surface area (Å²) in [6.07, 6.45) is 7.03. The summed E-state index contributed by atoms with van der Waals surface area (Å²) < 4.78 is 5.68. The lowest BCUT2D eigenvalue weighted by Gasteiger charge is -2.13. The maximum absolute atomic E-state index is 12.8. The minimum absolute atomic E-state index is 0.0238. The quantitative estimate of drug-likeness (QED) is 0.727. The van der Waals surface area contributed by atoms with Crippen LogP contribution in [0.1, 0.15) is 47.3 Å². The largest absolute Gasteiger partial charge is 0.442 e. The molecular weight excluding hydrogens is 332 g/mol. The Hall–Kier alpha value is -3.03. The Morgan fingerprint density at radius 2 is 1.92 bits per heavy atom. The lowest BCUT2D eigenvalue weighted by atomic mass is 10.1. The van der Waals surface area contributed by atoms with Crippen LogP contribution in [-0.4, -0.2) is 31.4 Å². The van der Waals surface area contributed by atoms with Gasteiger partial charge in [0.2, 0.25) is 5.71 Å². The molecule has 0 atom stereocenters. The van der Waals surface area contributed by atoms with Crippen molar-refractivity contribution >= 4 is 22.8 Å². The molecule has 134 valence electrons. The van der Waals surface area contributed by atoms with Crippen LogP contribution in [0.15, 0.2) is 23.1 Å². The number of carbonyl (C=O) groups excluding carboxylic acids is 1. The fourth-order valence-corrected chi connectivity index (χ4v) is 2.77. The molecule has 26 heavy (non-hydrogen) atoms. The summed E-state index contributed by atoms with van der Waals surface area (Å²) >= 11 is 0. The number of furan rings is 1. The molecule has 3 aromatic heterocycles. The van der Waals surface area contributed by atoms with Gasteiger partial charge in [0.1, 0.15) is 23.7 Å². The topological polar surface area (TPSA) is 106 Å². The molecule has 1 aliphatic rings. The van der Waals surface area contributed by atoms with Gasteiger partial charge in [-0.1, -0.05) is 0 Å².